The topological polar surface area (TPSA) is 125 Å². The molecule has 10 nitrogen and oxygen atoms in total. The molecule has 4 aromatic rings. The molecule has 4 rings (SSSR count). The number of benzene rings is 1. The summed E-state index contributed by atoms with van der Waals surface area (Å²) >= 11 is 15.7. The maximum absolute atomic E-state index is 13.3. The molecule has 3 heterocycles. The number of aromatic nitrogens is 5. The molecule has 0 fully saturated rings. The van der Waals surface area contributed by atoms with Crippen molar-refractivity contribution in [1.29, 1.82) is 0 Å². The number of carbonyl (C=O) groups is 2. The summed E-state index contributed by atoms with van der Waals surface area (Å²) in [6.07, 6.45) is 1.54. The fourth-order valence-electron chi connectivity index (χ4n) is 2.97. The lowest BCUT2D eigenvalue weighted by atomic mass is 10.1. The van der Waals surface area contributed by atoms with Crippen LogP contribution in [0.3, 0.4) is 0 Å². The van der Waals surface area contributed by atoms with Crippen LogP contribution < -0.4 is 5.32 Å². The quantitative estimate of drug-likeness (QED) is 0.353. The van der Waals surface area contributed by atoms with Crippen molar-refractivity contribution in [1.82, 2.24) is 24.9 Å². The molecule has 0 aliphatic rings. The Kier molecular flexibility index (Phi) is 6.45. The third-order valence-corrected chi connectivity index (χ3v) is 5.32. The van der Waals surface area contributed by atoms with E-state index >= 15 is 0 Å². The molecule has 1 N–H and O–H groups in total. The van der Waals surface area contributed by atoms with Gasteiger partial charge in [-0.25, -0.2) is 14.5 Å². The number of anilines is 1. The van der Waals surface area contributed by atoms with Crippen LogP contribution in [-0.4, -0.2) is 43.9 Å². The van der Waals surface area contributed by atoms with Crippen LogP contribution in [0.1, 0.15) is 26.7 Å². The first-order valence-electron chi connectivity index (χ1n) is 9.19. The SMILES string of the molecule is COC(=O)c1noc(-c2cc(Cl)cc(C)c2NC(=O)c2cc(Br)nn2-c2ncccc2Cl)n1. The molecule has 0 radical (unpaired) electrons. The fourth-order valence-corrected chi connectivity index (χ4v) is 3.82. The van der Waals surface area contributed by atoms with Crippen molar-refractivity contribution in [3.8, 4) is 17.3 Å². The summed E-state index contributed by atoms with van der Waals surface area (Å²) in [4.78, 5) is 33.2. The van der Waals surface area contributed by atoms with E-state index in [9.17, 15) is 9.59 Å². The minimum absolute atomic E-state index is 0.0289. The van der Waals surface area contributed by atoms with Crippen molar-refractivity contribution in [2.75, 3.05) is 12.4 Å². The van der Waals surface area contributed by atoms with E-state index in [1.807, 2.05) is 0 Å². The highest BCUT2D eigenvalue weighted by molar-refractivity contribution is 9.10. The Labute approximate surface area is 205 Å². The summed E-state index contributed by atoms with van der Waals surface area (Å²) in [5.74, 6) is -1.31. The predicted molar refractivity (Wildman–Crippen MR) is 123 cm³/mol. The number of nitrogens with one attached hydrogen (secondary N) is 1. The Balaban J connectivity index is 1.76. The Morgan fingerprint density at radius 3 is 2.76 bits per heavy atom. The molecular formula is C20H13BrCl2N6O4. The first-order chi connectivity index (χ1) is 15.8. The van der Waals surface area contributed by atoms with Gasteiger partial charge in [-0.1, -0.05) is 23.2 Å². The van der Waals surface area contributed by atoms with E-state index in [2.05, 4.69) is 46.2 Å². The molecule has 1 aromatic carbocycles. The molecule has 0 unspecified atom stereocenters. The number of hydrogen-bond donors (Lipinski definition) is 1. The highest BCUT2D eigenvalue weighted by atomic mass is 79.9. The normalized spacial score (nSPS) is 10.8. The molecule has 1 amide bonds. The Bertz CT molecular complexity index is 1390. The lowest BCUT2D eigenvalue weighted by Gasteiger charge is -2.13. The van der Waals surface area contributed by atoms with Crippen LogP contribution >= 0.6 is 39.1 Å². The average Bonchev–Trinajstić information content (AvgIpc) is 3.42. The van der Waals surface area contributed by atoms with Crippen LogP contribution in [0, 0.1) is 6.92 Å². The fraction of sp³-hybridized carbons (Fsp3) is 0.100. The molecule has 0 spiro atoms. The third-order valence-electron chi connectivity index (χ3n) is 4.42. The molecule has 0 bridgehead atoms. The molecule has 0 atom stereocenters. The number of carbonyl (C=O) groups excluding carboxylic acids is 2. The largest absolute Gasteiger partial charge is 0.463 e. The number of methoxy groups -OCH3 is 1. The minimum atomic E-state index is -0.768. The van der Waals surface area contributed by atoms with E-state index in [0.29, 0.717) is 31.5 Å². The molecular weight excluding hydrogens is 539 g/mol. The molecule has 0 aliphatic carbocycles. The van der Waals surface area contributed by atoms with Crippen LogP contribution in [0.5, 0.6) is 0 Å². The van der Waals surface area contributed by atoms with Gasteiger partial charge >= 0.3 is 5.97 Å². The van der Waals surface area contributed by atoms with Crippen LogP contribution in [0.2, 0.25) is 10.0 Å². The summed E-state index contributed by atoms with van der Waals surface area (Å²) in [7, 11) is 1.20. The number of ether oxygens (including phenoxy) is 1. The number of esters is 1. The van der Waals surface area contributed by atoms with E-state index in [0.717, 1.165) is 0 Å². The van der Waals surface area contributed by atoms with Gasteiger partial charge in [-0.2, -0.15) is 10.1 Å². The van der Waals surface area contributed by atoms with Gasteiger partial charge in [-0.15, -0.1) is 0 Å². The van der Waals surface area contributed by atoms with Crippen molar-refractivity contribution < 1.29 is 18.8 Å². The number of amides is 1. The molecule has 33 heavy (non-hydrogen) atoms. The third kappa shape index (κ3) is 4.61. The van der Waals surface area contributed by atoms with E-state index < -0.39 is 11.9 Å². The van der Waals surface area contributed by atoms with Gasteiger partial charge in [0.05, 0.1) is 23.4 Å². The molecule has 0 saturated heterocycles. The summed E-state index contributed by atoms with van der Waals surface area (Å²) in [5.41, 5.74) is 1.44. The number of rotatable bonds is 5. The maximum Gasteiger partial charge on any atom is 0.379 e. The molecule has 3 aromatic heterocycles. The van der Waals surface area contributed by atoms with Crippen molar-refractivity contribution in [3.63, 3.8) is 0 Å². The van der Waals surface area contributed by atoms with Gasteiger partial charge in [0.2, 0.25) is 0 Å². The summed E-state index contributed by atoms with van der Waals surface area (Å²) in [5, 5.41) is 11.4. The zero-order chi connectivity index (χ0) is 23.7. The van der Waals surface area contributed by atoms with Gasteiger partial charge in [0.1, 0.15) is 10.3 Å². The minimum Gasteiger partial charge on any atom is -0.463 e. The Morgan fingerprint density at radius 1 is 1.24 bits per heavy atom. The van der Waals surface area contributed by atoms with E-state index in [1.54, 1.807) is 25.1 Å². The number of hydrogen-bond acceptors (Lipinski definition) is 8. The number of aryl methyl sites for hydroxylation is 1. The van der Waals surface area contributed by atoms with Crippen LogP contribution in [0.4, 0.5) is 5.69 Å². The Hall–Kier alpha value is -3.28. The first-order valence-corrected chi connectivity index (χ1v) is 10.7. The second-order valence-corrected chi connectivity index (χ2v) is 8.24. The van der Waals surface area contributed by atoms with E-state index in [1.165, 1.54) is 30.1 Å². The highest BCUT2D eigenvalue weighted by Crippen LogP contribution is 2.34. The van der Waals surface area contributed by atoms with Gasteiger partial charge in [0.15, 0.2) is 5.82 Å². The lowest BCUT2D eigenvalue weighted by Crippen LogP contribution is -2.19. The van der Waals surface area contributed by atoms with Crippen molar-refractivity contribution in [2.45, 2.75) is 6.92 Å². The summed E-state index contributed by atoms with van der Waals surface area (Å²) in [6.45, 7) is 1.74. The van der Waals surface area contributed by atoms with Crippen molar-refractivity contribution in [3.05, 3.63) is 68.3 Å². The standard InChI is InChI=1S/C20H13BrCl2N6O4/c1-9-6-10(22)7-11(19-26-16(28-33-19)20(31)32-2)15(9)25-18(30)13-8-14(21)27-29(13)17-12(23)4-3-5-24-17/h3-8H,1-2H3,(H,25,30). The van der Waals surface area contributed by atoms with Gasteiger partial charge in [-0.3, -0.25) is 4.79 Å². The van der Waals surface area contributed by atoms with E-state index in [-0.39, 0.29) is 23.2 Å². The summed E-state index contributed by atoms with van der Waals surface area (Å²) in [6, 6.07) is 8.01. The lowest BCUT2D eigenvalue weighted by molar-refractivity contribution is 0.0583. The van der Waals surface area contributed by atoms with Gasteiger partial charge < -0.3 is 14.6 Å². The Morgan fingerprint density at radius 2 is 2.03 bits per heavy atom. The first kappa shape index (κ1) is 22.9. The smallest absolute Gasteiger partial charge is 0.379 e. The zero-order valence-corrected chi connectivity index (χ0v) is 20.1. The highest BCUT2D eigenvalue weighted by Gasteiger charge is 2.24. The molecule has 0 aliphatic heterocycles. The van der Waals surface area contributed by atoms with Crippen molar-refractivity contribution >= 4 is 56.7 Å². The van der Waals surface area contributed by atoms with Crippen LogP contribution in [0.15, 0.2) is 45.7 Å². The maximum atomic E-state index is 13.3. The second-order valence-electron chi connectivity index (χ2n) is 6.59. The predicted octanol–water partition coefficient (Wildman–Crippen LogP) is 4.73. The zero-order valence-electron chi connectivity index (χ0n) is 17.0. The van der Waals surface area contributed by atoms with Crippen LogP contribution in [0.25, 0.3) is 17.3 Å². The van der Waals surface area contributed by atoms with Crippen molar-refractivity contribution in [2.24, 2.45) is 0 Å². The second kappa shape index (κ2) is 9.30. The molecule has 13 heteroatoms. The van der Waals surface area contributed by atoms with Crippen LogP contribution in [-0.2, 0) is 4.74 Å². The van der Waals surface area contributed by atoms with Gasteiger partial charge in [-0.05, 0) is 57.8 Å². The summed E-state index contributed by atoms with van der Waals surface area (Å²) < 4.78 is 11.5. The number of pyridine rings is 1. The van der Waals surface area contributed by atoms with Gasteiger partial charge in [0.25, 0.3) is 17.6 Å². The molecule has 0 saturated carbocycles. The van der Waals surface area contributed by atoms with Gasteiger partial charge in [0, 0.05) is 17.3 Å². The average molecular weight is 552 g/mol. The number of halogens is 3. The van der Waals surface area contributed by atoms with E-state index in [4.69, 9.17) is 27.7 Å². The molecule has 168 valence electrons. The monoisotopic (exact) mass is 550 g/mol. The number of nitrogens with zero attached hydrogens (tertiary/aromatic N) is 5.